The Hall–Kier alpha value is -3.40. The van der Waals surface area contributed by atoms with Crippen LogP contribution in [0.15, 0.2) is 47.8 Å². The van der Waals surface area contributed by atoms with E-state index in [0.717, 1.165) is 11.1 Å². The fourth-order valence-electron chi connectivity index (χ4n) is 4.03. The number of carbonyl (C=O) groups is 4. The molecule has 1 aromatic heterocycles. The molecule has 11 heteroatoms. The van der Waals surface area contributed by atoms with Gasteiger partial charge in [-0.2, -0.15) is 0 Å². The Balaban J connectivity index is 1.48. The van der Waals surface area contributed by atoms with Gasteiger partial charge in [0.1, 0.15) is 6.04 Å². The molecule has 3 amide bonds. The molecule has 0 radical (unpaired) electrons. The average Bonchev–Trinajstić information content (AvgIpc) is 3.41. The summed E-state index contributed by atoms with van der Waals surface area (Å²) in [6.45, 7) is 2.29. The largest absolute Gasteiger partial charge is 0.480 e. The molecule has 37 heavy (non-hydrogen) atoms. The molecule has 0 saturated heterocycles. The molecule has 192 valence electrons. The van der Waals surface area contributed by atoms with Crippen molar-refractivity contribution < 1.29 is 24.3 Å². The van der Waals surface area contributed by atoms with Gasteiger partial charge in [0.05, 0.1) is 20.5 Å². The van der Waals surface area contributed by atoms with Gasteiger partial charge in [-0.05, 0) is 54.1 Å². The van der Waals surface area contributed by atoms with Crippen molar-refractivity contribution in [1.29, 1.82) is 0 Å². The van der Waals surface area contributed by atoms with E-state index < -0.39 is 23.8 Å². The molecule has 2 heterocycles. The first-order chi connectivity index (χ1) is 17.7. The Morgan fingerprint density at radius 2 is 1.84 bits per heavy atom. The fraction of sp³-hybridized carbons (Fsp3) is 0.231. The average molecular weight is 560 g/mol. The first-order valence-electron chi connectivity index (χ1n) is 11.4. The zero-order valence-corrected chi connectivity index (χ0v) is 22.0. The van der Waals surface area contributed by atoms with Crippen molar-refractivity contribution in [3.8, 4) is 0 Å². The molecular weight excluding hydrogens is 537 g/mol. The minimum atomic E-state index is -1.40. The number of carbonyl (C=O) groups excluding carboxylic acids is 3. The van der Waals surface area contributed by atoms with Crippen LogP contribution in [0.2, 0.25) is 10.0 Å². The summed E-state index contributed by atoms with van der Waals surface area (Å²) in [4.78, 5) is 52.0. The lowest BCUT2D eigenvalue weighted by Gasteiger charge is -2.30. The Labute approximate surface area is 227 Å². The van der Waals surface area contributed by atoms with Crippen LogP contribution >= 0.6 is 34.5 Å². The Morgan fingerprint density at radius 3 is 2.49 bits per heavy atom. The second-order valence-electron chi connectivity index (χ2n) is 8.58. The summed E-state index contributed by atoms with van der Waals surface area (Å²) in [5, 5.41) is 16.3. The summed E-state index contributed by atoms with van der Waals surface area (Å²) in [6, 6.07) is 10.8. The molecule has 0 aliphatic carbocycles. The number of hydrogen-bond acceptors (Lipinski definition) is 5. The SMILES string of the molecule is Cc1ccc(C(=O)N2CCc3c(cc(Cl)c(C(=O)N[C@@H](CNC(=O)c4cccs4)C(=O)O)c3Cl)C2)cc1. The van der Waals surface area contributed by atoms with E-state index in [9.17, 15) is 24.3 Å². The second kappa shape index (κ2) is 11.3. The van der Waals surface area contributed by atoms with Crippen molar-refractivity contribution in [1.82, 2.24) is 15.5 Å². The molecule has 1 atom stereocenters. The van der Waals surface area contributed by atoms with Crippen LogP contribution in [0, 0.1) is 6.92 Å². The number of rotatable bonds is 7. The fourth-order valence-corrected chi connectivity index (χ4v) is 5.44. The molecule has 3 N–H and O–H groups in total. The van der Waals surface area contributed by atoms with Crippen LogP contribution < -0.4 is 10.6 Å². The first-order valence-corrected chi connectivity index (χ1v) is 13.0. The van der Waals surface area contributed by atoms with E-state index in [-0.39, 0.29) is 34.6 Å². The molecule has 4 rings (SSSR count). The number of thiophene rings is 1. The Bertz CT molecular complexity index is 1360. The van der Waals surface area contributed by atoms with E-state index in [1.54, 1.807) is 40.6 Å². The summed E-state index contributed by atoms with van der Waals surface area (Å²) in [5.74, 6) is -2.65. The Kier molecular flexibility index (Phi) is 8.16. The third kappa shape index (κ3) is 5.95. The van der Waals surface area contributed by atoms with Crippen molar-refractivity contribution in [2.45, 2.75) is 25.9 Å². The van der Waals surface area contributed by atoms with Gasteiger partial charge in [-0.15, -0.1) is 11.3 Å². The lowest BCUT2D eigenvalue weighted by Crippen LogP contribution is -2.48. The molecule has 0 spiro atoms. The van der Waals surface area contributed by atoms with Crippen LogP contribution in [0.1, 0.15) is 47.1 Å². The number of carboxylic acid groups (broad SMARTS) is 1. The summed E-state index contributed by atoms with van der Waals surface area (Å²) < 4.78 is 0. The van der Waals surface area contributed by atoms with E-state index >= 15 is 0 Å². The van der Waals surface area contributed by atoms with E-state index in [1.807, 2.05) is 19.1 Å². The van der Waals surface area contributed by atoms with Gasteiger partial charge in [0.25, 0.3) is 17.7 Å². The molecule has 0 bridgehead atoms. The number of nitrogens with zero attached hydrogens (tertiary/aromatic N) is 1. The monoisotopic (exact) mass is 559 g/mol. The van der Waals surface area contributed by atoms with Crippen LogP contribution in [0.5, 0.6) is 0 Å². The van der Waals surface area contributed by atoms with Crippen molar-refractivity contribution in [3.63, 3.8) is 0 Å². The minimum absolute atomic E-state index is 0.0395. The number of hydrogen-bond donors (Lipinski definition) is 3. The molecule has 0 unspecified atom stereocenters. The van der Waals surface area contributed by atoms with Gasteiger partial charge in [-0.3, -0.25) is 14.4 Å². The normalized spacial score (nSPS) is 13.4. The van der Waals surface area contributed by atoms with E-state index in [4.69, 9.17) is 23.2 Å². The standard InChI is InChI=1S/C26H23Cl2N3O5S/c1-14-4-6-15(7-5-14)25(34)31-9-8-17-16(13-31)11-18(27)21(22(17)28)24(33)30-19(26(35)36)12-29-23(32)20-3-2-10-37-20/h2-7,10-11,19H,8-9,12-13H2,1H3,(H,29,32)(H,30,33)(H,35,36)/t19-/m0/s1. The number of nitrogens with one attached hydrogen (secondary N) is 2. The van der Waals surface area contributed by atoms with E-state index in [0.29, 0.717) is 29.0 Å². The molecule has 2 aromatic carbocycles. The van der Waals surface area contributed by atoms with Gasteiger partial charge in [0, 0.05) is 25.2 Å². The number of fused-ring (bicyclic) bond motifs is 1. The van der Waals surface area contributed by atoms with Crippen LogP contribution in [0.25, 0.3) is 0 Å². The highest BCUT2D eigenvalue weighted by Gasteiger charge is 2.29. The lowest BCUT2D eigenvalue weighted by molar-refractivity contribution is -0.139. The minimum Gasteiger partial charge on any atom is -0.480 e. The highest BCUT2D eigenvalue weighted by molar-refractivity contribution is 7.12. The van der Waals surface area contributed by atoms with Gasteiger partial charge >= 0.3 is 5.97 Å². The Morgan fingerprint density at radius 1 is 1.11 bits per heavy atom. The van der Waals surface area contributed by atoms with Gasteiger partial charge in [0.2, 0.25) is 0 Å². The van der Waals surface area contributed by atoms with E-state index in [2.05, 4.69) is 10.6 Å². The van der Waals surface area contributed by atoms with Gasteiger partial charge in [0.15, 0.2) is 0 Å². The number of benzene rings is 2. The van der Waals surface area contributed by atoms with Crippen molar-refractivity contribution in [2.24, 2.45) is 0 Å². The second-order valence-corrected chi connectivity index (χ2v) is 10.3. The summed E-state index contributed by atoms with van der Waals surface area (Å²) >= 11 is 14.2. The maximum atomic E-state index is 13.0. The number of aliphatic carboxylic acids is 1. The van der Waals surface area contributed by atoms with E-state index in [1.165, 1.54) is 11.3 Å². The summed E-state index contributed by atoms with van der Waals surface area (Å²) in [7, 11) is 0. The van der Waals surface area contributed by atoms with Gasteiger partial charge < -0.3 is 20.6 Å². The topological polar surface area (TPSA) is 116 Å². The molecule has 1 aliphatic rings. The number of carboxylic acids is 1. The van der Waals surface area contributed by atoms with Gasteiger partial charge in [-0.1, -0.05) is 47.0 Å². The maximum absolute atomic E-state index is 13.0. The predicted molar refractivity (Wildman–Crippen MR) is 142 cm³/mol. The number of amides is 3. The van der Waals surface area contributed by atoms with Crippen molar-refractivity contribution in [3.05, 3.63) is 90.6 Å². The molecule has 8 nitrogen and oxygen atoms in total. The third-order valence-electron chi connectivity index (χ3n) is 6.03. The van der Waals surface area contributed by atoms with Crippen LogP contribution in [0.3, 0.4) is 0 Å². The maximum Gasteiger partial charge on any atom is 0.328 e. The zero-order valence-electron chi connectivity index (χ0n) is 19.7. The lowest BCUT2D eigenvalue weighted by atomic mass is 9.96. The summed E-state index contributed by atoms with van der Waals surface area (Å²) in [5.41, 5.74) is 2.99. The number of aryl methyl sites for hydroxylation is 1. The first kappa shape index (κ1) is 26.7. The van der Waals surface area contributed by atoms with Crippen LogP contribution in [0.4, 0.5) is 0 Å². The molecule has 1 aliphatic heterocycles. The third-order valence-corrected chi connectivity index (χ3v) is 7.62. The highest BCUT2D eigenvalue weighted by atomic mass is 35.5. The zero-order chi connectivity index (χ0) is 26.7. The van der Waals surface area contributed by atoms with Crippen molar-refractivity contribution >= 4 is 58.2 Å². The molecule has 3 aromatic rings. The smallest absolute Gasteiger partial charge is 0.328 e. The highest BCUT2D eigenvalue weighted by Crippen LogP contribution is 2.35. The predicted octanol–water partition coefficient (Wildman–Crippen LogP) is 4.17. The quantitative estimate of drug-likeness (QED) is 0.401. The van der Waals surface area contributed by atoms with Gasteiger partial charge in [-0.25, -0.2) is 4.79 Å². The van der Waals surface area contributed by atoms with Crippen molar-refractivity contribution in [2.75, 3.05) is 13.1 Å². The molecule has 0 fully saturated rings. The van der Waals surface area contributed by atoms with Crippen LogP contribution in [-0.4, -0.2) is 52.8 Å². The molecule has 0 saturated carbocycles. The molecular formula is C26H23Cl2N3O5S. The van der Waals surface area contributed by atoms with Crippen LogP contribution in [-0.2, 0) is 17.8 Å². The number of halogens is 2. The summed E-state index contributed by atoms with van der Waals surface area (Å²) in [6.07, 6.45) is 0.405.